The number of ether oxygens (including phenoxy) is 1. The van der Waals surface area contributed by atoms with Gasteiger partial charge >= 0.3 is 0 Å². The summed E-state index contributed by atoms with van der Waals surface area (Å²) in [6.07, 6.45) is 3.31. The third-order valence-electron chi connectivity index (χ3n) is 4.53. The van der Waals surface area contributed by atoms with E-state index in [0.717, 1.165) is 36.7 Å². The molecule has 3 rings (SSSR count). The molecule has 2 unspecified atom stereocenters. The molecule has 19 heavy (non-hydrogen) atoms. The quantitative estimate of drug-likeness (QED) is 0.883. The topological polar surface area (TPSA) is 32.7 Å². The molecule has 2 aliphatic carbocycles. The van der Waals surface area contributed by atoms with Gasteiger partial charge in [-0.15, -0.1) is 0 Å². The van der Waals surface area contributed by atoms with Crippen LogP contribution in [0, 0.1) is 5.92 Å². The molecule has 0 bridgehead atoms. The van der Waals surface area contributed by atoms with Crippen molar-refractivity contribution in [1.82, 2.24) is 4.90 Å². The van der Waals surface area contributed by atoms with Crippen LogP contribution in [0.5, 0.6) is 5.75 Å². The number of likely N-dealkylation sites (N-methyl/N-ethyl adjacent to an activating group) is 1. The maximum absolute atomic E-state index is 10.6. The van der Waals surface area contributed by atoms with Gasteiger partial charge in [-0.25, -0.2) is 0 Å². The highest BCUT2D eigenvalue weighted by Crippen LogP contribution is 2.38. The van der Waals surface area contributed by atoms with E-state index in [0.29, 0.717) is 0 Å². The Bertz CT molecular complexity index is 456. The fourth-order valence-corrected chi connectivity index (χ4v) is 3.17. The first-order valence-electron chi connectivity index (χ1n) is 7.31. The Hall–Kier alpha value is -1.06. The third-order valence-corrected chi connectivity index (χ3v) is 4.53. The minimum absolute atomic E-state index is 0.243. The molecule has 1 saturated carbocycles. The average molecular weight is 261 g/mol. The molecule has 3 heteroatoms. The van der Waals surface area contributed by atoms with Crippen molar-refractivity contribution < 1.29 is 9.84 Å². The van der Waals surface area contributed by atoms with Crippen LogP contribution in [-0.4, -0.2) is 36.2 Å². The molecule has 2 aliphatic rings. The predicted molar refractivity (Wildman–Crippen MR) is 75.4 cm³/mol. The van der Waals surface area contributed by atoms with E-state index >= 15 is 0 Å². The van der Waals surface area contributed by atoms with Gasteiger partial charge in [0, 0.05) is 12.6 Å². The summed E-state index contributed by atoms with van der Waals surface area (Å²) in [5.41, 5.74) is 2.33. The van der Waals surface area contributed by atoms with Gasteiger partial charge in [-0.3, -0.25) is 4.90 Å². The summed E-state index contributed by atoms with van der Waals surface area (Å²) in [6.45, 7) is 4.35. The SMILES string of the molecule is CCN(CC1CC1)C1Cc2ccc(OC)cc2C1O. The van der Waals surface area contributed by atoms with E-state index in [1.54, 1.807) is 7.11 Å². The minimum atomic E-state index is -0.371. The van der Waals surface area contributed by atoms with Gasteiger partial charge in [0.05, 0.1) is 13.2 Å². The Balaban J connectivity index is 1.78. The first kappa shape index (κ1) is 12.9. The van der Waals surface area contributed by atoms with Gasteiger partial charge < -0.3 is 9.84 Å². The smallest absolute Gasteiger partial charge is 0.119 e. The zero-order valence-electron chi connectivity index (χ0n) is 11.8. The molecule has 0 spiro atoms. The number of fused-ring (bicyclic) bond motifs is 1. The van der Waals surface area contributed by atoms with Crippen LogP contribution in [0.3, 0.4) is 0 Å². The molecule has 0 heterocycles. The Labute approximate surface area is 115 Å². The van der Waals surface area contributed by atoms with Crippen LogP contribution in [-0.2, 0) is 6.42 Å². The highest BCUT2D eigenvalue weighted by atomic mass is 16.5. The molecule has 1 aromatic rings. The molecule has 104 valence electrons. The number of benzene rings is 1. The predicted octanol–water partition coefficient (Wildman–Crippen LogP) is 2.39. The number of aliphatic hydroxyl groups is 1. The van der Waals surface area contributed by atoms with Gasteiger partial charge in [0.2, 0.25) is 0 Å². The Morgan fingerprint density at radius 3 is 2.79 bits per heavy atom. The maximum atomic E-state index is 10.6. The number of rotatable bonds is 5. The lowest BCUT2D eigenvalue weighted by atomic mass is 10.1. The molecule has 1 N–H and O–H groups in total. The van der Waals surface area contributed by atoms with E-state index in [4.69, 9.17) is 4.74 Å². The van der Waals surface area contributed by atoms with E-state index in [1.165, 1.54) is 18.4 Å². The normalized spacial score (nSPS) is 25.7. The number of aliphatic hydroxyl groups excluding tert-OH is 1. The second-order valence-electron chi connectivity index (χ2n) is 5.81. The monoisotopic (exact) mass is 261 g/mol. The second kappa shape index (κ2) is 5.14. The van der Waals surface area contributed by atoms with Crippen LogP contribution >= 0.6 is 0 Å². The number of hydrogen-bond donors (Lipinski definition) is 1. The Kier molecular flexibility index (Phi) is 3.50. The van der Waals surface area contributed by atoms with Crippen molar-refractivity contribution in [2.45, 2.75) is 38.3 Å². The van der Waals surface area contributed by atoms with Gasteiger partial charge in [-0.2, -0.15) is 0 Å². The van der Waals surface area contributed by atoms with Crippen molar-refractivity contribution in [1.29, 1.82) is 0 Å². The summed E-state index contributed by atoms with van der Waals surface area (Å²) >= 11 is 0. The lowest BCUT2D eigenvalue weighted by Gasteiger charge is -2.30. The van der Waals surface area contributed by atoms with Crippen molar-refractivity contribution >= 4 is 0 Å². The highest BCUT2D eigenvalue weighted by molar-refractivity contribution is 5.41. The van der Waals surface area contributed by atoms with Crippen molar-refractivity contribution in [3.63, 3.8) is 0 Å². The summed E-state index contributed by atoms with van der Waals surface area (Å²) in [7, 11) is 1.67. The highest BCUT2D eigenvalue weighted by Gasteiger charge is 2.36. The molecule has 1 fully saturated rings. The van der Waals surface area contributed by atoms with Gasteiger partial charge in [-0.1, -0.05) is 13.0 Å². The minimum Gasteiger partial charge on any atom is -0.497 e. The van der Waals surface area contributed by atoms with Crippen LogP contribution in [0.4, 0.5) is 0 Å². The molecular formula is C16H23NO2. The van der Waals surface area contributed by atoms with Gasteiger partial charge in [0.25, 0.3) is 0 Å². The zero-order valence-corrected chi connectivity index (χ0v) is 11.8. The largest absolute Gasteiger partial charge is 0.497 e. The van der Waals surface area contributed by atoms with Gasteiger partial charge in [0.15, 0.2) is 0 Å². The number of methoxy groups -OCH3 is 1. The van der Waals surface area contributed by atoms with Crippen molar-refractivity contribution in [2.75, 3.05) is 20.2 Å². The fraction of sp³-hybridized carbons (Fsp3) is 0.625. The van der Waals surface area contributed by atoms with Crippen LogP contribution < -0.4 is 4.74 Å². The number of nitrogens with zero attached hydrogens (tertiary/aromatic N) is 1. The molecule has 0 amide bonds. The fourth-order valence-electron chi connectivity index (χ4n) is 3.17. The first-order chi connectivity index (χ1) is 9.22. The maximum Gasteiger partial charge on any atom is 0.119 e. The van der Waals surface area contributed by atoms with E-state index in [2.05, 4.69) is 17.9 Å². The van der Waals surface area contributed by atoms with E-state index in [-0.39, 0.29) is 12.1 Å². The summed E-state index contributed by atoms with van der Waals surface area (Å²) in [6, 6.07) is 6.33. The zero-order chi connectivity index (χ0) is 13.4. The average Bonchev–Trinajstić information content (AvgIpc) is 3.20. The Morgan fingerprint density at radius 2 is 2.16 bits per heavy atom. The summed E-state index contributed by atoms with van der Waals surface area (Å²) in [4.78, 5) is 2.45. The van der Waals surface area contributed by atoms with Crippen LogP contribution in [0.2, 0.25) is 0 Å². The molecule has 0 aromatic heterocycles. The summed E-state index contributed by atoms with van der Waals surface area (Å²) in [5, 5.41) is 10.6. The van der Waals surface area contributed by atoms with Crippen molar-refractivity contribution in [2.24, 2.45) is 5.92 Å². The molecule has 0 aliphatic heterocycles. The molecule has 2 atom stereocenters. The van der Waals surface area contributed by atoms with E-state index in [1.807, 2.05) is 12.1 Å². The number of hydrogen-bond acceptors (Lipinski definition) is 3. The third kappa shape index (κ3) is 2.49. The van der Waals surface area contributed by atoms with Crippen molar-refractivity contribution in [3.05, 3.63) is 29.3 Å². The lowest BCUT2D eigenvalue weighted by molar-refractivity contribution is 0.0608. The van der Waals surface area contributed by atoms with Crippen LogP contribution in [0.15, 0.2) is 18.2 Å². The molecule has 0 saturated heterocycles. The summed E-state index contributed by atoms with van der Waals surface area (Å²) in [5.74, 6) is 1.70. The molecule has 3 nitrogen and oxygen atoms in total. The Morgan fingerprint density at radius 1 is 1.37 bits per heavy atom. The van der Waals surface area contributed by atoms with E-state index < -0.39 is 0 Å². The van der Waals surface area contributed by atoms with E-state index in [9.17, 15) is 5.11 Å². The lowest BCUT2D eigenvalue weighted by Crippen LogP contribution is -2.39. The van der Waals surface area contributed by atoms with Crippen LogP contribution in [0.25, 0.3) is 0 Å². The standard InChI is InChI=1S/C16H23NO2/c1-3-17(10-11-4-5-11)15-8-12-6-7-13(19-2)9-14(12)16(15)18/h6-7,9,11,15-16,18H,3-5,8,10H2,1-2H3. The summed E-state index contributed by atoms with van der Waals surface area (Å²) < 4.78 is 5.26. The van der Waals surface area contributed by atoms with Crippen molar-refractivity contribution in [3.8, 4) is 5.75 Å². The molecular weight excluding hydrogens is 238 g/mol. The first-order valence-corrected chi connectivity index (χ1v) is 7.31. The molecule has 0 radical (unpaired) electrons. The van der Waals surface area contributed by atoms with Gasteiger partial charge in [-0.05, 0) is 55.0 Å². The molecule has 1 aromatic carbocycles. The second-order valence-corrected chi connectivity index (χ2v) is 5.81. The van der Waals surface area contributed by atoms with Gasteiger partial charge in [0.1, 0.15) is 5.75 Å². The van der Waals surface area contributed by atoms with Crippen LogP contribution in [0.1, 0.15) is 37.0 Å².